The topological polar surface area (TPSA) is 90.2 Å². The summed E-state index contributed by atoms with van der Waals surface area (Å²) in [5.74, 6) is 2.27. The summed E-state index contributed by atoms with van der Waals surface area (Å²) in [6, 6.07) is 5.85. The lowest BCUT2D eigenvalue weighted by atomic mass is 10.1. The Morgan fingerprint density at radius 2 is 1.91 bits per heavy atom. The van der Waals surface area contributed by atoms with E-state index in [2.05, 4.69) is 42.5 Å². The quantitative estimate of drug-likeness (QED) is 0.308. The number of hydrogen-bond acceptors (Lipinski definition) is 5. The molecule has 10 heteroatoms. The minimum atomic E-state index is 0. The molecule has 3 heterocycles. The summed E-state index contributed by atoms with van der Waals surface area (Å²) < 4.78 is 1.96. The van der Waals surface area contributed by atoms with Crippen molar-refractivity contribution >= 4 is 41.5 Å². The zero-order chi connectivity index (χ0) is 21.5. The maximum absolute atomic E-state index is 12.6. The Labute approximate surface area is 207 Å². The number of carbonyl (C=O) groups is 1. The predicted molar refractivity (Wildman–Crippen MR) is 136 cm³/mol. The molecular weight excluding hydrogens is 519 g/mol. The van der Waals surface area contributed by atoms with E-state index in [-0.39, 0.29) is 29.9 Å². The number of nitrogens with zero attached hydrogens (tertiary/aromatic N) is 6. The zero-order valence-corrected chi connectivity index (χ0v) is 21.2. The zero-order valence-electron chi connectivity index (χ0n) is 18.9. The van der Waals surface area contributed by atoms with Crippen molar-refractivity contribution in [3.05, 3.63) is 30.2 Å². The highest BCUT2D eigenvalue weighted by atomic mass is 127. The molecular formula is C22H35IN8O. The number of rotatable bonds is 7. The number of amides is 1. The highest BCUT2D eigenvalue weighted by molar-refractivity contribution is 14.0. The van der Waals surface area contributed by atoms with Crippen LogP contribution in [0.4, 0.5) is 0 Å². The number of nitrogens with one attached hydrogen (secondary N) is 2. The number of fused-ring (bicyclic) bond motifs is 1. The van der Waals surface area contributed by atoms with Gasteiger partial charge in [-0.2, -0.15) is 0 Å². The van der Waals surface area contributed by atoms with E-state index in [0.29, 0.717) is 12.5 Å². The molecule has 0 unspecified atom stereocenters. The Hall–Kier alpha value is -1.95. The Bertz CT molecular complexity index is 887. The van der Waals surface area contributed by atoms with Crippen molar-refractivity contribution < 1.29 is 4.79 Å². The Morgan fingerprint density at radius 3 is 2.66 bits per heavy atom. The summed E-state index contributed by atoms with van der Waals surface area (Å²) in [7, 11) is 0. The van der Waals surface area contributed by atoms with Gasteiger partial charge in [-0.15, -0.1) is 34.2 Å². The summed E-state index contributed by atoms with van der Waals surface area (Å²) >= 11 is 0. The number of guanidine groups is 1. The highest BCUT2D eigenvalue weighted by Crippen LogP contribution is 2.26. The number of hydrogen-bond donors (Lipinski definition) is 2. The van der Waals surface area contributed by atoms with Gasteiger partial charge in [-0.05, 0) is 31.9 Å². The van der Waals surface area contributed by atoms with Crippen LogP contribution in [0.2, 0.25) is 0 Å². The van der Waals surface area contributed by atoms with Crippen LogP contribution >= 0.6 is 24.0 Å². The second kappa shape index (κ2) is 12.3. The summed E-state index contributed by atoms with van der Waals surface area (Å²) in [6.45, 7) is 8.65. The smallest absolute Gasteiger partial charge is 0.225 e. The minimum Gasteiger partial charge on any atom is -0.357 e. The molecule has 4 rings (SSSR count). The molecule has 9 nitrogen and oxygen atoms in total. The third kappa shape index (κ3) is 6.31. The monoisotopic (exact) mass is 554 g/mol. The maximum atomic E-state index is 12.6. The standard InChI is InChI=1S/C22H34N8O.HI/c1-2-23-22(25-17-20-27-26-19-9-5-6-11-30(19)20)24-10-12-28-13-15-29(16-14-28)21(31)18-7-3-4-8-18;/h5-6,9,11,18H,2-4,7-8,10,12-17H2,1H3,(H2,23,24,25);1H. The average Bonchev–Trinajstić information content (AvgIpc) is 3.48. The van der Waals surface area contributed by atoms with Gasteiger partial charge in [0.05, 0.1) is 0 Å². The summed E-state index contributed by atoms with van der Waals surface area (Å²) in [4.78, 5) is 21.8. The molecule has 1 saturated heterocycles. The Kier molecular flexibility index (Phi) is 9.51. The van der Waals surface area contributed by atoms with Crippen LogP contribution in [0.5, 0.6) is 0 Å². The van der Waals surface area contributed by atoms with Gasteiger partial charge >= 0.3 is 0 Å². The molecule has 2 aromatic rings. The lowest BCUT2D eigenvalue weighted by Crippen LogP contribution is -2.51. The maximum Gasteiger partial charge on any atom is 0.225 e. The van der Waals surface area contributed by atoms with E-state index in [1.807, 2.05) is 28.8 Å². The largest absolute Gasteiger partial charge is 0.357 e. The van der Waals surface area contributed by atoms with E-state index in [9.17, 15) is 4.79 Å². The van der Waals surface area contributed by atoms with Crippen molar-refractivity contribution in [1.82, 2.24) is 35.0 Å². The van der Waals surface area contributed by atoms with Gasteiger partial charge in [0.15, 0.2) is 17.4 Å². The van der Waals surface area contributed by atoms with E-state index >= 15 is 0 Å². The Morgan fingerprint density at radius 1 is 1.12 bits per heavy atom. The van der Waals surface area contributed by atoms with Crippen LogP contribution in [0.15, 0.2) is 29.4 Å². The predicted octanol–water partition coefficient (Wildman–Crippen LogP) is 1.74. The first kappa shape index (κ1) is 24.7. The first-order valence-electron chi connectivity index (χ1n) is 11.6. The van der Waals surface area contributed by atoms with Gasteiger partial charge < -0.3 is 15.5 Å². The van der Waals surface area contributed by atoms with Gasteiger partial charge in [0, 0.05) is 57.9 Å². The first-order chi connectivity index (χ1) is 15.2. The fourth-order valence-corrected chi connectivity index (χ4v) is 4.45. The molecule has 2 fully saturated rings. The van der Waals surface area contributed by atoms with Gasteiger partial charge in [-0.25, -0.2) is 4.99 Å². The van der Waals surface area contributed by atoms with Crippen molar-refractivity contribution in [2.75, 3.05) is 45.8 Å². The summed E-state index contributed by atoms with van der Waals surface area (Å²) in [5.41, 5.74) is 0.830. The van der Waals surface area contributed by atoms with Crippen LogP contribution in [0.25, 0.3) is 5.65 Å². The van der Waals surface area contributed by atoms with Crippen LogP contribution in [-0.4, -0.2) is 82.1 Å². The van der Waals surface area contributed by atoms with E-state index in [1.54, 1.807) is 0 Å². The molecule has 0 radical (unpaired) electrons. The fourth-order valence-electron chi connectivity index (χ4n) is 4.45. The number of piperazine rings is 1. The number of aromatic nitrogens is 3. The van der Waals surface area contributed by atoms with Crippen molar-refractivity contribution in [3.8, 4) is 0 Å². The second-order valence-corrected chi connectivity index (χ2v) is 8.32. The van der Waals surface area contributed by atoms with E-state index < -0.39 is 0 Å². The van der Waals surface area contributed by atoms with Crippen molar-refractivity contribution in [1.29, 1.82) is 0 Å². The first-order valence-corrected chi connectivity index (χ1v) is 11.6. The molecule has 176 valence electrons. The fraction of sp³-hybridized carbons (Fsp3) is 0.636. The molecule has 1 saturated carbocycles. The minimum absolute atomic E-state index is 0. The molecule has 2 N–H and O–H groups in total. The molecule has 2 aromatic heterocycles. The summed E-state index contributed by atoms with van der Waals surface area (Å²) in [5, 5.41) is 15.1. The Balaban J connectivity index is 0.00000289. The molecule has 2 aliphatic rings. The van der Waals surface area contributed by atoms with Gasteiger partial charge in [-0.1, -0.05) is 18.9 Å². The normalized spacial score (nSPS) is 18.0. The highest BCUT2D eigenvalue weighted by Gasteiger charge is 2.29. The number of carbonyl (C=O) groups excluding carboxylic acids is 1. The number of pyridine rings is 1. The van der Waals surface area contributed by atoms with Crippen LogP contribution in [0.3, 0.4) is 0 Å². The third-order valence-electron chi connectivity index (χ3n) is 6.22. The summed E-state index contributed by atoms with van der Waals surface area (Å²) in [6.07, 6.45) is 6.55. The second-order valence-electron chi connectivity index (χ2n) is 8.32. The molecule has 0 bridgehead atoms. The lowest BCUT2D eigenvalue weighted by Gasteiger charge is -2.36. The average molecular weight is 554 g/mol. The van der Waals surface area contributed by atoms with Gasteiger partial charge in [0.2, 0.25) is 5.91 Å². The number of aliphatic imine (C=N–C) groups is 1. The molecule has 0 atom stereocenters. The molecule has 1 aliphatic carbocycles. The van der Waals surface area contributed by atoms with Gasteiger partial charge in [0.1, 0.15) is 6.54 Å². The van der Waals surface area contributed by atoms with E-state index in [1.165, 1.54) is 12.8 Å². The van der Waals surface area contributed by atoms with Crippen LogP contribution in [0.1, 0.15) is 38.4 Å². The van der Waals surface area contributed by atoms with Gasteiger partial charge in [0.25, 0.3) is 0 Å². The van der Waals surface area contributed by atoms with E-state index in [0.717, 1.165) is 76.1 Å². The van der Waals surface area contributed by atoms with Crippen LogP contribution < -0.4 is 10.6 Å². The number of halogens is 1. The third-order valence-corrected chi connectivity index (χ3v) is 6.22. The molecule has 0 spiro atoms. The van der Waals surface area contributed by atoms with Crippen molar-refractivity contribution in [2.45, 2.75) is 39.2 Å². The van der Waals surface area contributed by atoms with Crippen molar-refractivity contribution in [2.24, 2.45) is 10.9 Å². The van der Waals surface area contributed by atoms with Gasteiger partial charge in [-0.3, -0.25) is 14.1 Å². The lowest BCUT2D eigenvalue weighted by molar-refractivity contribution is -0.137. The van der Waals surface area contributed by atoms with E-state index in [4.69, 9.17) is 0 Å². The van der Waals surface area contributed by atoms with Crippen LogP contribution in [0, 0.1) is 5.92 Å². The molecule has 1 amide bonds. The van der Waals surface area contributed by atoms with Crippen molar-refractivity contribution in [3.63, 3.8) is 0 Å². The SMILES string of the molecule is CCNC(=NCc1nnc2ccccn12)NCCN1CCN(C(=O)C2CCCC2)CC1.I. The van der Waals surface area contributed by atoms with Crippen LogP contribution in [-0.2, 0) is 11.3 Å². The molecule has 0 aromatic carbocycles. The molecule has 32 heavy (non-hydrogen) atoms. The molecule has 1 aliphatic heterocycles.